The maximum absolute atomic E-state index is 13.9. The molecule has 1 saturated carbocycles. The average Bonchev–Trinajstić information content (AvgIpc) is 3.41. The number of aromatic nitrogens is 5. The molecule has 4 atom stereocenters. The van der Waals surface area contributed by atoms with Crippen LogP contribution in [0.1, 0.15) is 87.9 Å². The number of aryl methyl sites for hydroxylation is 1. The Balaban J connectivity index is 1.35. The second-order valence-corrected chi connectivity index (χ2v) is 12.5. The van der Waals surface area contributed by atoms with Crippen molar-refractivity contribution in [3.8, 4) is 11.4 Å². The number of nitrogens with two attached hydrogens (primary N) is 1. The van der Waals surface area contributed by atoms with E-state index in [4.69, 9.17) is 10.7 Å². The van der Waals surface area contributed by atoms with Gasteiger partial charge in [0.25, 0.3) is 0 Å². The minimum Gasteiger partial charge on any atom is -0.506 e. The van der Waals surface area contributed by atoms with Gasteiger partial charge in [-0.25, -0.2) is 19.0 Å². The lowest BCUT2D eigenvalue weighted by atomic mass is 9.51. The summed E-state index contributed by atoms with van der Waals surface area (Å²) >= 11 is 0. The highest BCUT2D eigenvalue weighted by Crippen LogP contribution is 2.73. The smallest absolute Gasteiger partial charge is 0.229 e. The fraction of sp³-hybridized carbons (Fsp3) is 0.438. The maximum Gasteiger partial charge on any atom is 0.229 e. The predicted octanol–water partition coefficient (Wildman–Crippen LogP) is 6.91. The van der Waals surface area contributed by atoms with Crippen LogP contribution in [0.2, 0.25) is 0 Å². The number of unbranched alkanes of at least 4 members (excludes halogenated alkanes) is 1. The number of rotatable bonds is 8. The maximum atomic E-state index is 13.9. The molecule has 0 saturated heterocycles. The first-order valence-electron chi connectivity index (χ1n) is 14.5. The van der Waals surface area contributed by atoms with Crippen molar-refractivity contribution in [3.63, 3.8) is 0 Å². The van der Waals surface area contributed by atoms with E-state index in [1.165, 1.54) is 10.2 Å². The first kappa shape index (κ1) is 27.2. The number of nitrogens with zero attached hydrogens (tertiary/aromatic N) is 5. The molecule has 41 heavy (non-hydrogen) atoms. The molecule has 2 aromatic carbocycles. The first-order valence-corrected chi connectivity index (χ1v) is 14.5. The largest absolute Gasteiger partial charge is 0.506 e. The molecule has 214 valence electrons. The SMILES string of the molecule is CCCC[C@@H](c1ccc(F)cc1)C1CC(C)(C)[C@]2(C)c3c(N)nc(Nc4ccc(-n5cnc(C)n5)c(O)c4)nc3C12. The molecule has 0 bridgehead atoms. The molecule has 0 spiro atoms. The van der Waals surface area contributed by atoms with Crippen molar-refractivity contribution >= 4 is 17.5 Å². The standard InChI is InChI=1S/C32H38FN7O/c1-6-7-8-22(19-9-11-20(33)12-10-19)23-16-31(3,4)32(5)26(23)28-27(32)29(34)38-30(37-28)36-21-13-14-24(25(41)15-21)40-17-35-18(2)39-40/h9-15,17,22-23,26,41H,6-8,16H2,1-5H3,(H3,34,36,37,38)/t22-,23?,26?,32-/m0/s1. The molecule has 4 N–H and O–H groups in total. The Kier molecular flexibility index (Phi) is 6.51. The van der Waals surface area contributed by atoms with Gasteiger partial charge in [-0.2, -0.15) is 10.1 Å². The third-order valence-electron chi connectivity index (χ3n) is 9.75. The van der Waals surface area contributed by atoms with Crippen molar-refractivity contribution in [3.05, 3.63) is 77.3 Å². The number of phenols is 1. The number of hydrogen-bond donors (Lipinski definition) is 3. The summed E-state index contributed by atoms with van der Waals surface area (Å²) in [5.41, 5.74) is 10.9. The van der Waals surface area contributed by atoms with Crippen LogP contribution >= 0.6 is 0 Å². The van der Waals surface area contributed by atoms with E-state index in [2.05, 4.69) is 48.1 Å². The minimum atomic E-state index is -0.208. The van der Waals surface area contributed by atoms with E-state index in [9.17, 15) is 9.50 Å². The molecule has 0 amide bonds. The molecule has 2 aromatic heterocycles. The van der Waals surface area contributed by atoms with Gasteiger partial charge in [0, 0.05) is 28.7 Å². The van der Waals surface area contributed by atoms with Gasteiger partial charge in [0.1, 0.15) is 35.2 Å². The van der Waals surface area contributed by atoms with Crippen LogP contribution < -0.4 is 11.1 Å². The molecule has 2 aliphatic rings. The Bertz CT molecular complexity index is 1600. The summed E-state index contributed by atoms with van der Waals surface area (Å²) < 4.78 is 15.4. The van der Waals surface area contributed by atoms with Gasteiger partial charge in [-0.05, 0) is 66.8 Å². The van der Waals surface area contributed by atoms with Gasteiger partial charge < -0.3 is 16.2 Å². The number of aromatic hydroxyl groups is 1. The van der Waals surface area contributed by atoms with E-state index in [0.29, 0.717) is 40.8 Å². The van der Waals surface area contributed by atoms with Crippen LogP contribution in [0.3, 0.4) is 0 Å². The van der Waals surface area contributed by atoms with Crippen molar-refractivity contribution < 1.29 is 9.50 Å². The molecular formula is C32H38FN7O. The summed E-state index contributed by atoms with van der Waals surface area (Å²) in [6.07, 6.45) is 5.86. The van der Waals surface area contributed by atoms with E-state index in [1.807, 2.05) is 18.2 Å². The number of hydrogen-bond acceptors (Lipinski definition) is 7. The van der Waals surface area contributed by atoms with Crippen LogP contribution in [0.15, 0.2) is 48.8 Å². The molecule has 4 aromatic rings. The molecular weight excluding hydrogens is 517 g/mol. The summed E-state index contributed by atoms with van der Waals surface area (Å²) in [4.78, 5) is 13.8. The van der Waals surface area contributed by atoms with Crippen LogP contribution in [0.4, 0.5) is 21.8 Å². The van der Waals surface area contributed by atoms with Gasteiger partial charge in [-0.1, -0.05) is 52.7 Å². The summed E-state index contributed by atoms with van der Waals surface area (Å²) in [7, 11) is 0. The van der Waals surface area contributed by atoms with Crippen LogP contribution in [0, 0.1) is 24.1 Å². The number of halogens is 1. The molecule has 2 unspecified atom stereocenters. The predicted molar refractivity (Wildman–Crippen MR) is 158 cm³/mol. The fourth-order valence-corrected chi connectivity index (χ4v) is 7.49. The summed E-state index contributed by atoms with van der Waals surface area (Å²) in [6, 6.07) is 12.3. The summed E-state index contributed by atoms with van der Waals surface area (Å²) in [6.45, 7) is 11.0. The Morgan fingerprint density at radius 3 is 2.56 bits per heavy atom. The number of benzene rings is 2. The number of nitrogens with one attached hydrogen (secondary N) is 1. The zero-order chi connectivity index (χ0) is 29.1. The number of fused-ring (bicyclic) bond motifs is 4. The quantitative estimate of drug-likeness (QED) is 0.216. The van der Waals surface area contributed by atoms with Crippen molar-refractivity contribution in [1.29, 1.82) is 0 Å². The van der Waals surface area contributed by atoms with Crippen LogP contribution in [-0.2, 0) is 5.41 Å². The Morgan fingerprint density at radius 2 is 1.90 bits per heavy atom. The fourth-order valence-electron chi connectivity index (χ4n) is 7.49. The summed E-state index contributed by atoms with van der Waals surface area (Å²) in [5.74, 6) is 2.22. The van der Waals surface area contributed by atoms with E-state index in [0.717, 1.165) is 36.9 Å². The Labute approximate surface area is 240 Å². The normalized spacial score (nSPS) is 23.0. The third kappa shape index (κ3) is 4.33. The molecule has 0 aliphatic heterocycles. The van der Waals surface area contributed by atoms with Gasteiger partial charge in [0.05, 0.1) is 5.69 Å². The molecule has 0 radical (unpaired) electrons. The monoisotopic (exact) mass is 555 g/mol. The van der Waals surface area contributed by atoms with Crippen molar-refractivity contribution in [1.82, 2.24) is 24.7 Å². The van der Waals surface area contributed by atoms with E-state index in [-0.39, 0.29) is 28.3 Å². The minimum absolute atomic E-state index is 0.00636. The molecule has 9 heteroatoms. The number of anilines is 3. The van der Waals surface area contributed by atoms with Crippen molar-refractivity contribution in [2.75, 3.05) is 11.1 Å². The van der Waals surface area contributed by atoms with Gasteiger partial charge in [0.2, 0.25) is 5.95 Å². The lowest BCUT2D eigenvalue weighted by Gasteiger charge is -2.52. The topological polar surface area (TPSA) is 115 Å². The molecule has 6 rings (SSSR count). The highest BCUT2D eigenvalue weighted by Gasteiger charge is 2.67. The van der Waals surface area contributed by atoms with Crippen molar-refractivity contribution in [2.24, 2.45) is 11.3 Å². The van der Waals surface area contributed by atoms with Crippen LogP contribution in [0.5, 0.6) is 5.75 Å². The van der Waals surface area contributed by atoms with Gasteiger partial charge in [0.15, 0.2) is 0 Å². The Hall–Kier alpha value is -4.01. The number of phenolic OH excluding ortho intramolecular Hbond substituents is 1. The van der Waals surface area contributed by atoms with Gasteiger partial charge >= 0.3 is 0 Å². The average molecular weight is 556 g/mol. The highest BCUT2D eigenvalue weighted by atomic mass is 19.1. The first-order chi connectivity index (χ1) is 19.5. The van der Waals surface area contributed by atoms with Gasteiger partial charge in [-0.15, -0.1) is 0 Å². The van der Waals surface area contributed by atoms with E-state index in [1.54, 1.807) is 37.5 Å². The van der Waals surface area contributed by atoms with Crippen LogP contribution in [0.25, 0.3) is 5.69 Å². The zero-order valence-electron chi connectivity index (χ0n) is 24.3. The summed E-state index contributed by atoms with van der Waals surface area (Å²) in [5, 5.41) is 18.2. The molecule has 2 aliphatic carbocycles. The third-order valence-corrected chi connectivity index (χ3v) is 9.75. The lowest BCUT2D eigenvalue weighted by Crippen LogP contribution is -2.49. The highest BCUT2D eigenvalue weighted by molar-refractivity contribution is 5.66. The van der Waals surface area contributed by atoms with Crippen molar-refractivity contribution in [2.45, 2.75) is 77.6 Å². The molecule has 2 heterocycles. The van der Waals surface area contributed by atoms with E-state index < -0.39 is 0 Å². The molecule has 1 fully saturated rings. The number of nitrogen functional groups attached to an aromatic ring is 1. The Morgan fingerprint density at radius 1 is 1.15 bits per heavy atom. The second kappa shape index (κ2) is 9.82. The lowest BCUT2D eigenvalue weighted by molar-refractivity contribution is 0.173. The van der Waals surface area contributed by atoms with Gasteiger partial charge in [-0.3, -0.25) is 0 Å². The van der Waals surface area contributed by atoms with E-state index >= 15 is 0 Å². The molecule has 8 nitrogen and oxygen atoms in total. The zero-order valence-corrected chi connectivity index (χ0v) is 24.3. The van der Waals surface area contributed by atoms with Crippen LogP contribution in [-0.4, -0.2) is 29.8 Å². The second-order valence-electron chi connectivity index (χ2n) is 12.5.